The van der Waals surface area contributed by atoms with E-state index in [1.807, 2.05) is 23.6 Å². The lowest BCUT2D eigenvalue weighted by Crippen LogP contribution is -2.18. The number of aryl methyl sites for hydroxylation is 1. The Morgan fingerprint density at radius 2 is 2.21 bits per heavy atom. The van der Waals surface area contributed by atoms with E-state index in [1.54, 1.807) is 11.3 Å². The molecule has 1 aromatic carbocycles. The summed E-state index contributed by atoms with van der Waals surface area (Å²) in [5.74, 6) is 0.0986. The third kappa shape index (κ3) is 2.91. The average Bonchev–Trinajstić information content (AvgIpc) is 2.82. The zero-order valence-electron chi connectivity index (χ0n) is 10.2. The van der Waals surface area contributed by atoms with Gasteiger partial charge in [-0.1, -0.05) is 11.6 Å². The van der Waals surface area contributed by atoms with Crippen LogP contribution in [0.3, 0.4) is 0 Å². The molecule has 1 amide bonds. The highest BCUT2D eigenvalue weighted by molar-refractivity contribution is 7.10. The molecule has 0 saturated heterocycles. The summed E-state index contributed by atoms with van der Waals surface area (Å²) >= 11 is 7.54. The van der Waals surface area contributed by atoms with Crippen molar-refractivity contribution in [2.75, 3.05) is 10.6 Å². The number of hydrogen-bond acceptors (Lipinski definition) is 3. The second-order valence-electron chi connectivity index (χ2n) is 4.50. The first-order chi connectivity index (χ1) is 9.20. The van der Waals surface area contributed by atoms with E-state index in [1.165, 1.54) is 10.4 Å². The number of halogens is 1. The van der Waals surface area contributed by atoms with Gasteiger partial charge in [-0.25, -0.2) is 0 Å². The molecule has 0 unspecified atom stereocenters. The van der Waals surface area contributed by atoms with Crippen LogP contribution in [0, 0.1) is 0 Å². The average molecular weight is 293 g/mol. The summed E-state index contributed by atoms with van der Waals surface area (Å²) in [4.78, 5) is 12.5. The molecule has 98 valence electrons. The number of thiophene rings is 1. The Morgan fingerprint density at radius 3 is 3.00 bits per heavy atom. The Hall–Kier alpha value is -1.52. The van der Waals surface area contributed by atoms with Crippen LogP contribution in [-0.4, -0.2) is 5.91 Å². The summed E-state index contributed by atoms with van der Waals surface area (Å²) in [5, 5.41) is 8.98. The van der Waals surface area contributed by atoms with Gasteiger partial charge in [-0.3, -0.25) is 4.79 Å². The van der Waals surface area contributed by atoms with E-state index in [9.17, 15) is 4.79 Å². The van der Waals surface area contributed by atoms with Gasteiger partial charge in [0.2, 0.25) is 5.91 Å². The lowest BCUT2D eigenvalue weighted by molar-refractivity contribution is -0.116. The van der Waals surface area contributed by atoms with Crippen molar-refractivity contribution in [3.8, 4) is 0 Å². The SMILES string of the molecule is O=C1CCc2cc(NCc3cc(Cl)cs3)ccc2N1. The Labute approximate surface area is 120 Å². The van der Waals surface area contributed by atoms with Crippen LogP contribution in [-0.2, 0) is 17.8 Å². The number of rotatable bonds is 3. The number of amides is 1. The number of carbonyl (C=O) groups is 1. The number of hydrogen-bond donors (Lipinski definition) is 2. The minimum Gasteiger partial charge on any atom is -0.380 e. The van der Waals surface area contributed by atoms with Crippen LogP contribution in [0.2, 0.25) is 5.02 Å². The topological polar surface area (TPSA) is 41.1 Å². The molecule has 0 fully saturated rings. The van der Waals surface area contributed by atoms with Gasteiger partial charge in [0.05, 0.1) is 5.02 Å². The quantitative estimate of drug-likeness (QED) is 0.901. The van der Waals surface area contributed by atoms with E-state index >= 15 is 0 Å². The Morgan fingerprint density at radius 1 is 1.32 bits per heavy atom. The van der Waals surface area contributed by atoms with Crippen LogP contribution >= 0.6 is 22.9 Å². The van der Waals surface area contributed by atoms with Crippen LogP contribution in [0.15, 0.2) is 29.6 Å². The first-order valence-electron chi connectivity index (χ1n) is 6.10. The lowest BCUT2D eigenvalue weighted by Gasteiger charge is -2.17. The molecule has 1 aromatic heterocycles. The van der Waals surface area contributed by atoms with Crippen molar-refractivity contribution in [3.05, 3.63) is 45.1 Å². The fraction of sp³-hybridized carbons (Fsp3) is 0.214. The highest BCUT2D eigenvalue weighted by Crippen LogP contribution is 2.26. The van der Waals surface area contributed by atoms with Gasteiger partial charge in [0.25, 0.3) is 0 Å². The zero-order chi connectivity index (χ0) is 13.2. The van der Waals surface area contributed by atoms with Gasteiger partial charge in [-0.2, -0.15) is 0 Å². The molecule has 1 aliphatic rings. The molecule has 0 saturated carbocycles. The van der Waals surface area contributed by atoms with Crippen molar-refractivity contribution in [1.29, 1.82) is 0 Å². The monoisotopic (exact) mass is 292 g/mol. The molecule has 1 aliphatic heterocycles. The minimum absolute atomic E-state index is 0.0986. The normalized spacial score (nSPS) is 13.8. The van der Waals surface area contributed by atoms with Crippen molar-refractivity contribution in [2.24, 2.45) is 0 Å². The van der Waals surface area contributed by atoms with Crippen LogP contribution in [0.25, 0.3) is 0 Å². The number of benzene rings is 1. The van der Waals surface area contributed by atoms with Crippen molar-refractivity contribution >= 4 is 40.2 Å². The fourth-order valence-electron chi connectivity index (χ4n) is 2.13. The van der Waals surface area contributed by atoms with Gasteiger partial charge in [0, 0.05) is 34.6 Å². The molecule has 0 radical (unpaired) electrons. The molecule has 2 N–H and O–H groups in total. The van der Waals surface area contributed by atoms with Crippen LogP contribution in [0.4, 0.5) is 11.4 Å². The number of anilines is 2. The zero-order valence-corrected chi connectivity index (χ0v) is 11.8. The maximum absolute atomic E-state index is 11.3. The standard InChI is InChI=1S/C14H13ClN2OS/c15-10-6-12(19-8-10)7-16-11-2-3-13-9(5-11)1-4-14(18)17-13/h2-3,5-6,8,16H,1,4,7H2,(H,17,18). The number of nitrogens with one attached hydrogen (secondary N) is 2. The van der Waals surface area contributed by atoms with E-state index in [2.05, 4.69) is 16.7 Å². The summed E-state index contributed by atoms with van der Waals surface area (Å²) in [5.41, 5.74) is 3.19. The molecule has 3 rings (SSSR count). The predicted molar refractivity (Wildman–Crippen MR) is 80.0 cm³/mol. The van der Waals surface area contributed by atoms with Crippen molar-refractivity contribution < 1.29 is 4.79 Å². The van der Waals surface area contributed by atoms with Gasteiger partial charge in [-0.05, 0) is 36.2 Å². The smallest absolute Gasteiger partial charge is 0.224 e. The van der Waals surface area contributed by atoms with Crippen molar-refractivity contribution in [2.45, 2.75) is 19.4 Å². The third-order valence-electron chi connectivity index (χ3n) is 3.09. The van der Waals surface area contributed by atoms with Gasteiger partial charge in [-0.15, -0.1) is 11.3 Å². The number of fused-ring (bicyclic) bond motifs is 1. The number of carbonyl (C=O) groups excluding carboxylic acids is 1. The summed E-state index contributed by atoms with van der Waals surface area (Å²) in [6.07, 6.45) is 1.37. The molecule has 2 heterocycles. The molecule has 19 heavy (non-hydrogen) atoms. The molecule has 0 spiro atoms. The molecular weight excluding hydrogens is 280 g/mol. The summed E-state index contributed by atoms with van der Waals surface area (Å²) in [6, 6.07) is 8.01. The summed E-state index contributed by atoms with van der Waals surface area (Å²) < 4.78 is 0. The molecule has 5 heteroatoms. The highest BCUT2D eigenvalue weighted by atomic mass is 35.5. The maximum Gasteiger partial charge on any atom is 0.224 e. The van der Waals surface area contributed by atoms with Gasteiger partial charge in [0.1, 0.15) is 0 Å². The molecule has 3 nitrogen and oxygen atoms in total. The van der Waals surface area contributed by atoms with E-state index in [0.29, 0.717) is 6.42 Å². The highest BCUT2D eigenvalue weighted by Gasteiger charge is 2.14. The summed E-state index contributed by atoms with van der Waals surface area (Å²) in [7, 11) is 0. The van der Waals surface area contributed by atoms with E-state index in [0.717, 1.165) is 29.4 Å². The van der Waals surface area contributed by atoms with Gasteiger partial charge >= 0.3 is 0 Å². The fourth-order valence-corrected chi connectivity index (χ4v) is 3.14. The third-order valence-corrected chi connectivity index (χ3v) is 4.37. The molecule has 0 aliphatic carbocycles. The predicted octanol–water partition coefficient (Wildman–Crippen LogP) is 3.90. The molecule has 0 bridgehead atoms. The Kier molecular flexibility index (Phi) is 3.44. The lowest BCUT2D eigenvalue weighted by atomic mass is 10.0. The van der Waals surface area contributed by atoms with E-state index in [4.69, 9.17) is 11.6 Å². The largest absolute Gasteiger partial charge is 0.380 e. The second kappa shape index (κ2) is 5.23. The molecular formula is C14H13ClN2OS. The molecule has 0 atom stereocenters. The van der Waals surface area contributed by atoms with Crippen LogP contribution < -0.4 is 10.6 Å². The maximum atomic E-state index is 11.3. The summed E-state index contributed by atoms with van der Waals surface area (Å²) in [6.45, 7) is 0.766. The second-order valence-corrected chi connectivity index (χ2v) is 5.94. The van der Waals surface area contributed by atoms with Gasteiger partial charge in [0.15, 0.2) is 0 Å². The van der Waals surface area contributed by atoms with Crippen LogP contribution in [0.1, 0.15) is 16.9 Å². The Balaban J connectivity index is 1.70. The molecule has 2 aromatic rings. The van der Waals surface area contributed by atoms with E-state index < -0.39 is 0 Å². The van der Waals surface area contributed by atoms with Gasteiger partial charge < -0.3 is 10.6 Å². The first kappa shape index (κ1) is 12.5. The minimum atomic E-state index is 0.0986. The van der Waals surface area contributed by atoms with Crippen molar-refractivity contribution in [1.82, 2.24) is 0 Å². The van der Waals surface area contributed by atoms with Crippen LogP contribution in [0.5, 0.6) is 0 Å². The van der Waals surface area contributed by atoms with E-state index in [-0.39, 0.29) is 5.91 Å². The first-order valence-corrected chi connectivity index (χ1v) is 7.36. The van der Waals surface area contributed by atoms with Crippen molar-refractivity contribution in [3.63, 3.8) is 0 Å². The Bertz CT molecular complexity index is 624.